The molecule has 3 aromatic rings. The molecular weight excluding hydrogens is 378 g/mol. The lowest BCUT2D eigenvalue weighted by molar-refractivity contribution is 0.0692. The number of anilines is 1. The summed E-state index contributed by atoms with van der Waals surface area (Å²) in [6.07, 6.45) is 4.61. The highest BCUT2D eigenvalue weighted by molar-refractivity contribution is 5.88. The number of nitrogens with zero attached hydrogens (tertiary/aromatic N) is 3. The van der Waals surface area contributed by atoms with Crippen LogP contribution in [0.25, 0.3) is 0 Å². The Hall–Kier alpha value is -3.41. The Balaban J connectivity index is 1.42. The fraction of sp³-hybridized carbons (Fsp3) is 0.292. The average molecular weight is 403 g/mol. The monoisotopic (exact) mass is 403 g/mol. The summed E-state index contributed by atoms with van der Waals surface area (Å²) in [4.78, 5) is 22.6. The van der Waals surface area contributed by atoms with Crippen LogP contribution in [0.4, 0.5) is 5.95 Å². The van der Waals surface area contributed by atoms with Gasteiger partial charge in [0.2, 0.25) is 5.95 Å². The van der Waals surface area contributed by atoms with E-state index in [0.29, 0.717) is 23.3 Å². The summed E-state index contributed by atoms with van der Waals surface area (Å²) in [5.41, 5.74) is 1.84. The molecule has 1 fully saturated rings. The molecule has 0 atom stereocenters. The van der Waals surface area contributed by atoms with Gasteiger partial charge >= 0.3 is 5.97 Å². The zero-order valence-corrected chi connectivity index (χ0v) is 16.8. The van der Waals surface area contributed by atoms with Crippen LogP contribution in [0.2, 0.25) is 0 Å². The fourth-order valence-electron chi connectivity index (χ4n) is 3.80. The minimum Gasteiger partial charge on any atom is -0.487 e. The van der Waals surface area contributed by atoms with Gasteiger partial charge in [0.05, 0.1) is 5.69 Å². The van der Waals surface area contributed by atoms with Crippen LogP contribution in [-0.2, 0) is 13.0 Å². The summed E-state index contributed by atoms with van der Waals surface area (Å²) in [7, 11) is 0. The van der Waals surface area contributed by atoms with Crippen molar-refractivity contribution in [1.29, 1.82) is 0 Å². The molecule has 2 heterocycles. The second-order valence-electron chi connectivity index (χ2n) is 7.56. The number of carbonyl (C=O) groups is 1. The molecule has 1 aliphatic heterocycles. The van der Waals surface area contributed by atoms with Crippen LogP contribution in [0.1, 0.15) is 34.5 Å². The van der Waals surface area contributed by atoms with Crippen molar-refractivity contribution in [3.8, 4) is 5.75 Å². The first-order valence-electron chi connectivity index (χ1n) is 10.2. The molecule has 0 bridgehead atoms. The molecular formula is C24H25N3O3. The molecule has 154 valence electrons. The van der Waals surface area contributed by atoms with Gasteiger partial charge in [0.25, 0.3) is 0 Å². The van der Waals surface area contributed by atoms with Crippen LogP contribution in [0.15, 0.2) is 66.9 Å². The highest BCUT2D eigenvalue weighted by Crippen LogP contribution is 2.25. The van der Waals surface area contributed by atoms with Crippen molar-refractivity contribution in [1.82, 2.24) is 9.97 Å². The predicted octanol–water partition coefficient (Wildman–Crippen LogP) is 4.21. The number of piperidine rings is 1. The lowest BCUT2D eigenvalue weighted by Gasteiger charge is -2.32. The molecule has 30 heavy (non-hydrogen) atoms. The number of para-hydroxylation sites is 1. The summed E-state index contributed by atoms with van der Waals surface area (Å²) in [5, 5.41) is 9.49. The first-order valence-corrected chi connectivity index (χ1v) is 10.2. The second kappa shape index (κ2) is 9.39. The zero-order chi connectivity index (χ0) is 20.8. The van der Waals surface area contributed by atoms with Crippen molar-refractivity contribution >= 4 is 11.9 Å². The van der Waals surface area contributed by atoms with Gasteiger partial charge in [-0.15, -0.1) is 0 Å². The van der Waals surface area contributed by atoms with E-state index < -0.39 is 5.97 Å². The molecule has 0 saturated carbocycles. The Kier molecular flexibility index (Phi) is 6.23. The first-order chi connectivity index (χ1) is 14.7. The van der Waals surface area contributed by atoms with E-state index >= 15 is 0 Å². The number of aromatic nitrogens is 2. The predicted molar refractivity (Wildman–Crippen MR) is 115 cm³/mol. The Morgan fingerprint density at radius 2 is 1.70 bits per heavy atom. The summed E-state index contributed by atoms with van der Waals surface area (Å²) < 4.78 is 5.74. The maximum atomic E-state index is 11.6. The molecule has 1 aromatic heterocycles. The van der Waals surface area contributed by atoms with Crippen molar-refractivity contribution < 1.29 is 14.6 Å². The molecule has 0 unspecified atom stereocenters. The Bertz CT molecular complexity index is 972. The van der Waals surface area contributed by atoms with Gasteiger partial charge in [0.1, 0.15) is 17.9 Å². The highest BCUT2D eigenvalue weighted by atomic mass is 16.5. The number of hydrogen-bond acceptors (Lipinski definition) is 5. The molecule has 1 saturated heterocycles. The third-order valence-electron chi connectivity index (χ3n) is 5.47. The zero-order valence-electron chi connectivity index (χ0n) is 16.8. The van der Waals surface area contributed by atoms with Crippen LogP contribution < -0.4 is 9.64 Å². The van der Waals surface area contributed by atoms with Crippen molar-refractivity contribution in [2.45, 2.75) is 25.9 Å². The van der Waals surface area contributed by atoms with E-state index in [0.717, 1.165) is 32.4 Å². The van der Waals surface area contributed by atoms with Crippen LogP contribution in [0.5, 0.6) is 5.75 Å². The van der Waals surface area contributed by atoms with Crippen LogP contribution in [0.3, 0.4) is 0 Å². The van der Waals surface area contributed by atoms with Gasteiger partial charge in [-0.3, -0.25) is 0 Å². The first kappa shape index (κ1) is 19.9. The Morgan fingerprint density at radius 3 is 2.37 bits per heavy atom. The quantitative estimate of drug-likeness (QED) is 0.637. The average Bonchev–Trinajstić information content (AvgIpc) is 2.79. The van der Waals surface area contributed by atoms with Crippen LogP contribution in [-0.4, -0.2) is 34.1 Å². The largest absolute Gasteiger partial charge is 0.487 e. The van der Waals surface area contributed by atoms with E-state index in [1.165, 1.54) is 11.8 Å². The number of rotatable bonds is 7. The van der Waals surface area contributed by atoms with Gasteiger partial charge < -0.3 is 14.7 Å². The van der Waals surface area contributed by atoms with Crippen molar-refractivity contribution in [3.63, 3.8) is 0 Å². The summed E-state index contributed by atoms with van der Waals surface area (Å²) in [6, 6.07) is 19.9. The summed E-state index contributed by atoms with van der Waals surface area (Å²) in [6.45, 7) is 1.82. The van der Waals surface area contributed by atoms with Crippen LogP contribution >= 0.6 is 0 Å². The van der Waals surface area contributed by atoms with E-state index in [1.807, 2.05) is 36.4 Å². The lowest BCUT2D eigenvalue weighted by Crippen LogP contribution is -2.35. The normalized spacial score (nSPS) is 14.5. The van der Waals surface area contributed by atoms with Crippen molar-refractivity contribution in [2.24, 2.45) is 5.92 Å². The lowest BCUT2D eigenvalue weighted by atomic mass is 9.90. The fourth-order valence-corrected chi connectivity index (χ4v) is 3.80. The minimum atomic E-state index is -1.05. The SMILES string of the molecule is O=C(O)c1cnc(N2CCC(Cc3ccccc3)CC2)nc1COc1ccccc1. The molecule has 1 aliphatic rings. The molecule has 0 amide bonds. The molecule has 6 heteroatoms. The molecule has 1 N–H and O–H groups in total. The number of ether oxygens (including phenoxy) is 1. The molecule has 2 aromatic carbocycles. The second-order valence-corrected chi connectivity index (χ2v) is 7.56. The van der Waals surface area contributed by atoms with Gasteiger partial charge in [-0.25, -0.2) is 14.8 Å². The number of hydrogen-bond donors (Lipinski definition) is 1. The van der Waals surface area contributed by atoms with Crippen molar-refractivity contribution in [2.75, 3.05) is 18.0 Å². The molecule has 4 rings (SSSR count). The Labute approximate surface area is 176 Å². The standard InChI is InChI=1S/C24H25N3O3/c28-23(29)21-16-25-24(26-22(21)17-30-20-9-5-2-6-10-20)27-13-11-19(12-14-27)15-18-7-3-1-4-8-18/h1-10,16,19H,11-15,17H2,(H,28,29). The van der Waals surface area contributed by atoms with E-state index in [2.05, 4.69) is 39.1 Å². The van der Waals surface area contributed by atoms with E-state index in [9.17, 15) is 9.90 Å². The number of carboxylic acids is 1. The van der Waals surface area contributed by atoms with Crippen LogP contribution in [0, 0.1) is 5.92 Å². The number of aromatic carboxylic acids is 1. The maximum absolute atomic E-state index is 11.6. The molecule has 6 nitrogen and oxygen atoms in total. The topological polar surface area (TPSA) is 75.5 Å². The summed E-state index contributed by atoms with van der Waals surface area (Å²) >= 11 is 0. The number of benzene rings is 2. The minimum absolute atomic E-state index is 0.0774. The Morgan fingerprint density at radius 1 is 1.03 bits per heavy atom. The van der Waals surface area contributed by atoms with Gasteiger partial charge in [0.15, 0.2) is 0 Å². The maximum Gasteiger partial charge on any atom is 0.339 e. The van der Waals surface area contributed by atoms with E-state index in [4.69, 9.17) is 4.74 Å². The third kappa shape index (κ3) is 4.95. The third-order valence-corrected chi connectivity index (χ3v) is 5.47. The van der Waals surface area contributed by atoms with E-state index in [-0.39, 0.29) is 12.2 Å². The van der Waals surface area contributed by atoms with Gasteiger partial charge in [-0.05, 0) is 42.9 Å². The number of carboxylic acid groups (broad SMARTS) is 1. The highest BCUT2D eigenvalue weighted by Gasteiger charge is 2.23. The molecule has 0 radical (unpaired) electrons. The van der Waals surface area contributed by atoms with Gasteiger partial charge in [-0.2, -0.15) is 0 Å². The molecule has 0 aliphatic carbocycles. The molecule has 0 spiro atoms. The van der Waals surface area contributed by atoms with Gasteiger partial charge in [-0.1, -0.05) is 48.5 Å². The van der Waals surface area contributed by atoms with Gasteiger partial charge in [0, 0.05) is 19.3 Å². The van der Waals surface area contributed by atoms with Crippen molar-refractivity contribution in [3.05, 3.63) is 83.7 Å². The smallest absolute Gasteiger partial charge is 0.339 e. The summed E-state index contributed by atoms with van der Waals surface area (Å²) in [5.74, 6) is 0.846. The van der Waals surface area contributed by atoms with E-state index in [1.54, 1.807) is 0 Å².